The molecule has 0 spiro atoms. The van der Waals surface area contributed by atoms with Gasteiger partial charge in [0.05, 0.1) is 0 Å². The largest absolute Gasteiger partial charge is 0.303 e. The van der Waals surface area contributed by atoms with Gasteiger partial charge in [-0.25, -0.2) is 13.2 Å². The van der Waals surface area contributed by atoms with Crippen molar-refractivity contribution in [2.24, 2.45) is 11.8 Å². The summed E-state index contributed by atoms with van der Waals surface area (Å²) in [4.78, 5) is 2.15. The van der Waals surface area contributed by atoms with E-state index in [4.69, 9.17) is 0 Å². The Morgan fingerprint density at radius 2 is 1.90 bits per heavy atom. The lowest BCUT2D eigenvalue weighted by molar-refractivity contribution is 0.0820. The van der Waals surface area contributed by atoms with Crippen LogP contribution < -0.4 is 0 Å². The minimum Gasteiger partial charge on any atom is -0.303 e. The zero-order chi connectivity index (χ0) is 14.3. The van der Waals surface area contributed by atoms with Crippen LogP contribution in [-0.4, -0.2) is 30.5 Å². The van der Waals surface area contributed by atoms with Crippen LogP contribution in [-0.2, 0) is 0 Å². The smallest absolute Gasteiger partial charge is 0.252 e. The molecule has 1 aliphatic heterocycles. The lowest BCUT2D eigenvalue weighted by atomic mass is 9.83. The monoisotopic (exact) mass is 285 g/mol. The van der Waals surface area contributed by atoms with E-state index < -0.39 is 11.8 Å². The summed E-state index contributed by atoms with van der Waals surface area (Å²) < 4.78 is 39.3. The molecule has 20 heavy (non-hydrogen) atoms. The third kappa shape index (κ3) is 2.95. The second-order valence-corrected chi connectivity index (χ2v) is 6.56. The summed E-state index contributed by atoms with van der Waals surface area (Å²) in [7, 11) is 0. The zero-order valence-electron chi connectivity index (χ0n) is 12.0. The molecular weight excluding hydrogens is 263 g/mol. The molecular formula is C16H22F3N. The van der Waals surface area contributed by atoms with Crippen molar-refractivity contribution in [3.8, 4) is 0 Å². The van der Waals surface area contributed by atoms with Gasteiger partial charge in [0.15, 0.2) is 0 Å². The molecule has 2 fully saturated rings. The zero-order valence-corrected chi connectivity index (χ0v) is 12.0. The first-order valence-electron chi connectivity index (χ1n) is 7.61. The average molecular weight is 285 g/mol. The Labute approximate surface area is 118 Å². The molecule has 0 aromatic carbocycles. The van der Waals surface area contributed by atoms with Crippen LogP contribution in [0, 0.1) is 11.8 Å². The number of halogens is 3. The molecule has 1 nitrogen and oxygen atoms in total. The van der Waals surface area contributed by atoms with Crippen LogP contribution in [0.1, 0.15) is 39.0 Å². The Hall–Kier alpha value is -0.770. The number of piperidine rings is 1. The summed E-state index contributed by atoms with van der Waals surface area (Å²) in [5, 5.41) is 0. The van der Waals surface area contributed by atoms with Gasteiger partial charge in [-0.2, -0.15) is 0 Å². The number of hydrogen-bond acceptors (Lipinski definition) is 1. The van der Waals surface area contributed by atoms with Crippen LogP contribution in [0.3, 0.4) is 0 Å². The van der Waals surface area contributed by atoms with Crippen molar-refractivity contribution >= 4 is 0 Å². The van der Waals surface area contributed by atoms with Gasteiger partial charge in [-0.1, -0.05) is 5.57 Å². The summed E-state index contributed by atoms with van der Waals surface area (Å²) in [6.07, 6.45) is 5.07. The summed E-state index contributed by atoms with van der Waals surface area (Å²) in [5.41, 5.74) is 2.48. The number of alkyl halides is 2. The maximum atomic E-state index is 13.4. The van der Waals surface area contributed by atoms with E-state index >= 15 is 0 Å². The van der Waals surface area contributed by atoms with E-state index in [1.165, 1.54) is 11.1 Å². The van der Waals surface area contributed by atoms with Gasteiger partial charge in [-0.15, -0.1) is 0 Å². The van der Waals surface area contributed by atoms with Gasteiger partial charge >= 0.3 is 0 Å². The van der Waals surface area contributed by atoms with Gasteiger partial charge in [0, 0.05) is 25.3 Å². The number of hydrogen-bond donors (Lipinski definition) is 0. The number of nitrogens with zero attached hydrogens (tertiary/aromatic N) is 1. The minimum absolute atomic E-state index is 0.00866. The molecule has 2 aliphatic carbocycles. The third-order valence-corrected chi connectivity index (χ3v) is 5.01. The molecule has 0 aromatic rings. The van der Waals surface area contributed by atoms with Gasteiger partial charge in [0.2, 0.25) is 0 Å². The molecule has 1 heterocycles. The van der Waals surface area contributed by atoms with Crippen molar-refractivity contribution in [2.75, 3.05) is 19.6 Å². The SMILES string of the molecule is CC1=C(C2CCN(CC3CC3(F)F)CC2)C=C(F)CC1. The van der Waals surface area contributed by atoms with Gasteiger partial charge in [0.1, 0.15) is 5.83 Å². The normalized spacial score (nSPS) is 31.4. The second kappa shape index (κ2) is 5.21. The Kier molecular flexibility index (Phi) is 3.69. The molecule has 1 saturated heterocycles. The lowest BCUT2D eigenvalue weighted by Crippen LogP contribution is -2.36. The minimum atomic E-state index is -2.41. The van der Waals surface area contributed by atoms with Crippen molar-refractivity contribution in [1.82, 2.24) is 4.90 Å². The van der Waals surface area contributed by atoms with Crippen LogP contribution in [0.15, 0.2) is 23.0 Å². The molecule has 0 N–H and O–H groups in total. The number of likely N-dealkylation sites (tertiary alicyclic amines) is 1. The predicted octanol–water partition coefficient (Wildman–Crippen LogP) is 4.32. The molecule has 0 aromatic heterocycles. The van der Waals surface area contributed by atoms with Crippen molar-refractivity contribution in [3.63, 3.8) is 0 Å². The fraction of sp³-hybridized carbons (Fsp3) is 0.750. The Morgan fingerprint density at radius 3 is 2.50 bits per heavy atom. The van der Waals surface area contributed by atoms with Gasteiger partial charge in [-0.3, -0.25) is 0 Å². The van der Waals surface area contributed by atoms with E-state index in [1.54, 1.807) is 6.08 Å². The van der Waals surface area contributed by atoms with Crippen molar-refractivity contribution < 1.29 is 13.2 Å². The summed E-state index contributed by atoms with van der Waals surface area (Å²) in [6, 6.07) is 0. The van der Waals surface area contributed by atoms with E-state index in [-0.39, 0.29) is 12.2 Å². The summed E-state index contributed by atoms with van der Waals surface area (Å²) in [5.74, 6) is -2.43. The lowest BCUT2D eigenvalue weighted by Gasteiger charge is -2.34. The first kappa shape index (κ1) is 14.2. The average Bonchev–Trinajstić information content (AvgIpc) is 3.00. The van der Waals surface area contributed by atoms with E-state index in [2.05, 4.69) is 11.8 Å². The van der Waals surface area contributed by atoms with E-state index in [9.17, 15) is 13.2 Å². The van der Waals surface area contributed by atoms with Crippen molar-refractivity contribution in [1.29, 1.82) is 0 Å². The molecule has 4 heteroatoms. The molecule has 1 atom stereocenters. The van der Waals surface area contributed by atoms with Crippen LogP contribution >= 0.6 is 0 Å². The van der Waals surface area contributed by atoms with E-state index in [1.807, 2.05) is 0 Å². The molecule has 0 amide bonds. The third-order valence-electron chi connectivity index (χ3n) is 5.01. The first-order chi connectivity index (χ1) is 9.45. The predicted molar refractivity (Wildman–Crippen MR) is 73.3 cm³/mol. The Balaban J connectivity index is 1.54. The second-order valence-electron chi connectivity index (χ2n) is 6.56. The molecule has 0 radical (unpaired) electrons. The van der Waals surface area contributed by atoms with Gasteiger partial charge < -0.3 is 4.90 Å². The topological polar surface area (TPSA) is 3.24 Å². The first-order valence-corrected chi connectivity index (χ1v) is 7.61. The van der Waals surface area contributed by atoms with E-state index in [0.717, 1.165) is 32.4 Å². The maximum Gasteiger partial charge on any atom is 0.252 e. The highest BCUT2D eigenvalue weighted by atomic mass is 19.3. The number of allylic oxidation sites excluding steroid dienone is 4. The molecule has 0 bridgehead atoms. The van der Waals surface area contributed by atoms with Crippen LogP contribution in [0.25, 0.3) is 0 Å². The van der Waals surface area contributed by atoms with Crippen molar-refractivity contribution in [3.05, 3.63) is 23.0 Å². The molecule has 3 aliphatic rings. The Morgan fingerprint density at radius 1 is 1.25 bits per heavy atom. The molecule has 3 rings (SSSR count). The Bertz CT molecular complexity index is 445. The van der Waals surface area contributed by atoms with Crippen molar-refractivity contribution in [2.45, 2.75) is 45.0 Å². The van der Waals surface area contributed by atoms with Gasteiger partial charge in [0.25, 0.3) is 5.92 Å². The quantitative estimate of drug-likeness (QED) is 0.746. The summed E-state index contributed by atoms with van der Waals surface area (Å²) >= 11 is 0. The van der Waals surface area contributed by atoms with E-state index in [0.29, 0.717) is 18.9 Å². The van der Waals surface area contributed by atoms with Crippen LogP contribution in [0.2, 0.25) is 0 Å². The highest BCUT2D eigenvalue weighted by Crippen LogP contribution is 2.49. The highest BCUT2D eigenvalue weighted by molar-refractivity contribution is 5.33. The maximum absolute atomic E-state index is 13.4. The van der Waals surface area contributed by atoms with Crippen LogP contribution in [0.4, 0.5) is 13.2 Å². The molecule has 1 saturated carbocycles. The summed E-state index contributed by atoms with van der Waals surface area (Å²) in [6.45, 7) is 4.35. The fourth-order valence-corrected chi connectivity index (χ4v) is 3.49. The number of rotatable bonds is 3. The highest BCUT2D eigenvalue weighted by Gasteiger charge is 2.57. The fourth-order valence-electron chi connectivity index (χ4n) is 3.49. The van der Waals surface area contributed by atoms with Crippen LogP contribution in [0.5, 0.6) is 0 Å². The standard InChI is InChI=1S/C16H22F3N/c1-11-2-3-14(17)8-15(11)12-4-6-20(7-5-12)10-13-9-16(13,18)19/h8,12-13H,2-7,9-10H2,1H3. The molecule has 112 valence electrons. The van der Waals surface area contributed by atoms with Gasteiger partial charge in [-0.05, 0) is 56.8 Å². The molecule has 1 unspecified atom stereocenters.